The van der Waals surface area contributed by atoms with E-state index >= 15 is 0 Å². The van der Waals surface area contributed by atoms with Crippen LogP contribution in [0.2, 0.25) is 0 Å². The van der Waals surface area contributed by atoms with Crippen molar-refractivity contribution >= 4 is 0 Å². The Balaban J connectivity index is 3.15. The van der Waals surface area contributed by atoms with Crippen molar-refractivity contribution in [1.82, 2.24) is 5.48 Å². The fourth-order valence-electron chi connectivity index (χ4n) is 1.19. The summed E-state index contributed by atoms with van der Waals surface area (Å²) in [7, 11) is 1.51. The van der Waals surface area contributed by atoms with Crippen molar-refractivity contribution in [3.8, 4) is 5.75 Å². The SMILES string of the molecule is COc1ccc(F)c(C)c1CNO. The van der Waals surface area contributed by atoms with Crippen LogP contribution in [0.15, 0.2) is 12.1 Å². The molecule has 0 saturated heterocycles. The standard InChI is InChI=1S/C9H12FNO2/c1-6-7(5-11-12)9(13-2)4-3-8(6)10/h3-4,11-12H,5H2,1-2H3. The van der Waals surface area contributed by atoms with E-state index in [2.05, 4.69) is 0 Å². The minimum absolute atomic E-state index is 0.173. The van der Waals surface area contributed by atoms with Crippen LogP contribution < -0.4 is 10.2 Å². The predicted octanol–water partition coefficient (Wildman–Crippen LogP) is 1.62. The molecule has 0 heterocycles. The molecule has 0 aromatic heterocycles. The number of halogens is 1. The smallest absolute Gasteiger partial charge is 0.126 e. The van der Waals surface area contributed by atoms with Gasteiger partial charge in [0.25, 0.3) is 0 Å². The normalized spacial score (nSPS) is 10.2. The Hall–Kier alpha value is -1.13. The number of rotatable bonds is 3. The minimum Gasteiger partial charge on any atom is -0.496 e. The molecule has 1 aromatic rings. The Morgan fingerprint density at radius 3 is 2.77 bits per heavy atom. The lowest BCUT2D eigenvalue weighted by atomic mass is 10.1. The Bertz CT molecular complexity index is 302. The van der Waals surface area contributed by atoms with Gasteiger partial charge in [0.05, 0.1) is 7.11 Å². The molecule has 1 aromatic carbocycles. The van der Waals surface area contributed by atoms with Gasteiger partial charge in [-0.25, -0.2) is 9.87 Å². The van der Waals surface area contributed by atoms with E-state index in [1.165, 1.54) is 19.2 Å². The fraction of sp³-hybridized carbons (Fsp3) is 0.333. The molecule has 4 heteroatoms. The summed E-state index contributed by atoms with van der Waals surface area (Å²) in [5.74, 6) is 0.270. The van der Waals surface area contributed by atoms with E-state index in [9.17, 15) is 4.39 Å². The zero-order chi connectivity index (χ0) is 9.84. The summed E-state index contributed by atoms with van der Waals surface area (Å²) < 4.78 is 18.1. The molecule has 72 valence electrons. The maximum atomic E-state index is 13.1. The second-order valence-electron chi connectivity index (χ2n) is 2.69. The third-order valence-electron chi connectivity index (χ3n) is 1.97. The highest BCUT2D eigenvalue weighted by Gasteiger charge is 2.09. The largest absolute Gasteiger partial charge is 0.496 e. The number of hydrogen-bond donors (Lipinski definition) is 2. The highest BCUT2D eigenvalue weighted by atomic mass is 19.1. The summed E-state index contributed by atoms with van der Waals surface area (Å²) in [6.45, 7) is 1.82. The zero-order valence-corrected chi connectivity index (χ0v) is 7.60. The first kappa shape index (κ1) is 9.95. The Morgan fingerprint density at radius 2 is 2.23 bits per heavy atom. The van der Waals surface area contributed by atoms with Crippen molar-refractivity contribution < 1.29 is 14.3 Å². The number of methoxy groups -OCH3 is 1. The van der Waals surface area contributed by atoms with E-state index in [1.54, 1.807) is 6.92 Å². The van der Waals surface area contributed by atoms with Gasteiger partial charge in [-0.05, 0) is 24.6 Å². The number of nitrogens with one attached hydrogen (secondary N) is 1. The van der Waals surface area contributed by atoms with Gasteiger partial charge in [0.15, 0.2) is 0 Å². The molecule has 0 aliphatic rings. The molecule has 0 fully saturated rings. The lowest BCUT2D eigenvalue weighted by Gasteiger charge is -2.10. The van der Waals surface area contributed by atoms with Crippen molar-refractivity contribution in [2.75, 3.05) is 7.11 Å². The first-order valence-electron chi connectivity index (χ1n) is 3.89. The van der Waals surface area contributed by atoms with E-state index in [-0.39, 0.29) is 12.4 Å². The van der Waals surface area contributed by atoms with Crippen LogP contribution in [0.5, 0.6) is 5.75 Å². The van der Waals surface area contributed by atoms with Crippen LogP contribution in [0.1, 0.15) is 11.1 Å². The van der Waals surface area contributed by atoms with Crippen molar-refractivity contribution in [2.45, 2.75) is 13.5 Å². The molecule has 0 spiro atoms. The van der Waals surface area contributed by atoms with Gasteiger partial charge in [0, 0.05) is 12.1 Å². The van der Waals surface area contributed by atoms with Crippen LogP contribution in [-0.2, 0) is 6.54 Å². The minimum atomic E-state index is -0.300. The summed E-state index contributed by atoms with van der Waals surface area (Å²) in [6.07, 6.45) is 0. The highest BCUT2D eigenvalue weighted by Crippen LogP contribution is 2.23. The van der Waals surface area contributed by atoms with Gasteiger partial charge in [-0.3, -0.25) is 0 Å². The van der Waals surface area contributed by atoms with Gasteiger partial charge >= 0.3 is 0 Å². The number of ether oxygens (including phenoxy) is 1. The molecular weight excluding hydrogens is 173 g/mol. The van der Waals surface area contributed by atoms with Gasteiger partial charge in [-0.1, -0.05) is 0 Å². The monoisotopic (exact) mass is 185 g/mol. The van der Waals surface area contributed by atoms with Crippen LogP contribution in [0.25, 0.3) is 0 Å². The van der Waals surface area contributed by atoms with E-state index in [4.69, 9.17) is 9.94 Å². The second-order valence-corrected chi connectivity index (χ2v) is 2.69. The maximum Gasteiger partial charge on any atom is 0.126 e. The molecule has 3 nitrogen and oxygen atoms in total. The third kappa shape index (κ3) is 1.96. The average molecular weight is 185 g/mol. The molecule has 0 amide bonds. The highest BCUT2D eigenvalue weighted by molar-refractivity contribution is 5.40. The molecule has 0 aliphatic carbocycles. The van der Waals surface area contributed by atoms with E-state index in [1.807, 2.05) is 5.48 Å². The van der Waals surface area contributed by atoms with Gasteiger partial charge in [-0.2, -0.15) is 0 Å². The van der Waals surface area contributed by atoms with E-state index < -0.39 is 0 Å². The zero-order valence-electron chi connectivity index (χ0n) is 7.60. The van der Waals surface area contributed by atoms with Gasteiger partial charge in [0.2, 0.25) is 0 Å². The van der Waals surface area contributed by atoms with Crippen LogP contribution in [0, 0.1) is 12.7 Å². The molecule has 0 unspecified atom stereocenters. The third-order valence-corrected chi connectivity index (χ3v) is 1.97. The van der Waals surface area contributed by atoms with Crippen molar-refractivity contribution in [1.29, 1.82) is 0 Å². The van der Waals surface area contributed by atoms with E-state index in [0.29, 0.717) is 16.9 Å². The number of hydrogen-bond acceptors (Lipinski definition) is 3. The lowest BCUT2D eigenvalue weighted by molar-refractivity contribution is 0.159. The Labute approximate surface area is 76.1 Å². The van der Waals surface area contributed by atoms with Gasteiger partial charge in [0.1, 0.15) is 11.6 Å². The van der Waals surface area contributed by atoms with Gasteiger partial charge < -0.3 is 9.94 Å². The lowest BCUT2D eigenvalue weighted by Crippen LogP contribution is -2.10. The molecule has 2 N–H and O–H groups in total. The summed E-state index contributed by atoms with van der Waals surface area (Å²) in [4.78, 5) is 0. The summed E-state index contributed by atoms with van der Waals surface area (Å²) in [6, 6.07) is 2.88. The number of hydroxylamine groups is 1. The van der Waals surface area contributed by atoms with Gasteiger partial charge in [-0.15, -0.1) is 0 Å². The molecule has 0 radical (unpaired) electrons. The van der Waals surface area contributed by atoms with Crippen molar-refractivity contribution in [3.63, 3.8) is 0 Å². The molecule has 0 saturated carbocycles. The first-order chi connectivity index (χ1) is 6.20. The van der Waals surface area contributed by atoms with Crippen molar-refractivity contribution in [2.24, 2.45) is 0 Å². The quantitative estimate of drug-likeness (QED) is 0.703. The van der Waals surface area contributed by atoms with E-state index in [0.717, 1.165) is 0 Å². The summed E-state index contributed by atoms with van der Waals surface area (Å²) >= 11 is 0. The van der Waals surface area contributed by atoms with Crippen LogP contribution in [0.4, 0.5) is 4.39 Å². The topological polar surface area (TPSA) is 41.5 Å². The molecule has 0 bridgehead atoms. The maximum absolute atomic E-state index is 13.1. The van der Waals surface area contributed by atoms with Crippen LogP contribution in [0.3, 0.4) is 0 Å². The second kappa shape index (κ2) is 4.20. The number of benzene rings is 1. The van der Waals surface area contributed by atoms with Crippen LogP contribution >= 0.6 is 0 Å². The molecule has 13 heavy (non-hydrogen) atoms. The average Bonchev–Trinajstić information content (AvgIpc) is 2.14. The first-order valence-corrected chi connectivity index (χ1v) is 3.89. The predicted molar refractivity (Wildman–Crippen MR) is 46.3 cm³/mol. The Kier molecular flexibility index (Phi) is 3.22. The summed E-state index contributed by atoms with van der Waals surface area (Å²) in [5, 5.41) is 8.53. The van der Waals surface area contributed by atoms with Crippen LogP contribution in [-0.4, -0.2) is 12.3 Å². The fourth-order valence-corrected chi connectivity index (χ4v) is 1.19. The Morgan fingerprint density at radius 1 is 1.54 bits per heavy atom. The summed E-state index contributed by atoms with van der Waals surface area (Å²) in [5.41, 5.74) is 3.10. The molecular formula is C9H12FNO2. The molecule has 0 aliphatic heterocycles. The molecule has 1 rings (SSSR count). The van der Waals surface area contributed by atoms with Crippen molar-refractivity contribution in [3.05, 3.63) is 29.1 Å². The molecule has 0 atom stereocenters.